The Labute approximate surface area is 251 Å². The fraction of sp³-hybridized carbons (Fsp3) is 0.147. The number of benzene rings is 4. The summed E-state index contributed by atoms with van der Waals surface area (Å²) in [6, 6.07) is 26.7. The van der Waals surface area contributed by atoms with Crippen LogP contribution in [0.4, 0.5) is 9.52 Å². The van der Waals surface area contributed by atoms with Crippen molar-refractivity contribution in [3.63, 3.8) is 0 Å². The highest BCUT2D eigenvalue weighted by Gasteiger charge is 2.48. The van der Waals surface area contributed by atoms with Crippen molar-refractivity contribution in [2.45, 2.75) is 26.0 Å². The largest absolute Gasteiger partial charge is 0.507 e. The molecule has 0 aliphatic carbocycles. The summed E-state index contributed by atoms with van der Waals surface area (Å²) in [4.78, 5) is 33.0. The zero-order chi connectivity index (χ0) is 29.9. The van der Waals surface area contributed by atoms with Crippen molar-refractivity contribution >= 4 is 44.1 Å². The Bertz CT molecular complexity index is 1840. The summed E-state index contributed by atoms with van der Waals surface area (Å²) < 4.78 is 26.1. The molecular formula is C34H27FN2O5S. The molecule has 7 nitrogen and oxygen atoms in total. The molecule has 1 atom stereocenters. The molecule has 6 rings (SSSR count). The van der Waals surface area contributed by atoms with Gasteiger partial charge in [0.15, 0.2) is 5.13 Å². The van der Waals surface area contributed by atoms with Crippen LogP contribution in [-0.4, -0.2) is 28.4 Å². The van der Waals surface area contributed by atoms with Crippen LogP contribution in [0.3, 0.4) is 0 Å². The molecule has 1 N–H and O–H groups in total. The molecule has 1 aliphatic rings. The Kier molecular flexibility index (Phi) is 7.89. The van der Waals surface area contributed by atoms with Crippen LogP contribution in [-0.2, 0) is 16.2 Å². The number of fused-ring (bicyclic) bond motifs is 1. The van der Waals surface area contributed by atoms with Gasteiger partial charge in [-0.3, -0.25) is 14.5 Å². The third kappa shape index (κ3) is 5.72. The number of carbonyl (C=O) groups excluding carboxylic acids is 2. The number of hydrogen-bond acceptors (Lipinski definition) is 7. The lowest BCUT2D eigenvalue weighted by atomic mass is 9.95. The lowest BCUT2D eigenvalue weighted by molar-refractivity contribution is -0.132. The van der Waals surface area contributed by atoms with Crippen LogP contribution in [0, 0.1) is 5.82 Å². The number of ketones is 1. The van der Waals surface area contributed by atoms with Crippen LogP contribution in [0.15, 0.2) is 103 Å². The second kappa shape index (κ2) is 12.1. The summed E-state index contributed by atoms with van der Waals surface area (Å²) in [5, 5.41) is 11.7. The number of rotatable bonds is 9. The number of thiazole rings is 1. The maximum Gasteiger partial charge on any atom is 0.301 e. The van der Waals surface area contributed by atoms with E-state index in [0.717, 1.165) is 23.3 Å². The molecule has 1 aliphatic heterocycles. The predicted octanol–water partition coefficient (Wildman–Crippen LogP) is 7.43. The van der Waals surface area contributed by atoms with E-state index in [1.165, 1.54) is 23.1 Å². The molecule has 5 aromatic rings. The number of anilines is 1. The molecular weight excluding hydrogens is 567 g/mol. The molecule has 1 amide bonds. The summed E-state index contributed by atoms with van der Waals surface area (Å²) in [6.07, 6.45) is 0.804. The third-order valence-corrected chi connectivity index (χ3v) is 8.03. The van der Waals surface area contributed by atoms with Crippen LogP contribution < -0.4 is 14.4 Å². The highest BCUT2D eigenvalue weighted by molar-refractivity contribution is 7.22. The van der Waals surface area contributed by atoms with E-state index in [2.05, 4.69) is 4.98 Å². The van der Waals surface area contributed by atoms with Gasteiger partial charge in [0.05, 0.1) is 28.4 Å². The van der Waals surface area contributed by atoms with Crippen molar-refractivity contribution in [3.05, 3.63) is 125 Å². The maximum absolute atomic E-state index is 14.0. The van der Waals surface area contributed by atoms with Crippen molar-refractivity contribution in [2.75, 3.05) is 11.5 Å². The molecule has 43 heavy (non-hydrogen) atoms. The molecule has 2 heterocycles. The van der Waals surface area contributed by atoms with Crippen molar-refractivity contribution in [3.8, 4) is 11.5 Å². The van der Waals surface area contributed by atoms with Crippen LogP contribution in [0.1, 0.15) is 36.1 Å². The minimum atomic E-state index is -0.992. The lowest BCUT2D eigenvalue weighted by Crippen LogP contribution is -2.29. The van der Waals surface area contributed by atoms with E-state index in [0.29, 0.717) is 46.1 Å². The summed E-state index contributed by atoms with van der Waals surface area (Å²) in [6.45, 7) is 2.85. The fourth-order valence-corrected chi connectivity index (χ4v) is 5.95. The number of amides is 1. The van der Waals surface area contributed by atoms with E-state index < -0.39 is 23.5 Å². The predicted molar refractivity (Wildman–Crippen MR) is 164 cm³/mol. The summed E-state index contributed by atoms with van der Waals surface area (Å²) in [5.41, 5.74) is 2.33. The van der Waals surface area contributed by atoms with Gasteiger partial charge in [-0.25, -0.2) is 9.37 Å². The van der Waals surface area contributed by atoms with E-state index >= 15 is 0 Å². The van der Waals surface area contributed by atoms with Crippen molar-refractivity contribution in [1.82, 2.24) is 4.98 Å². The van der Waals surface area contributed by atoms with E-state index in [4.69, 9.17) is 9.47 Å². The van der Waals surface area contributed by atoms with Gasteiger partial charge in [-0.15, -0.1) is 0 Å². The monoisotopic (exact) mass is 594 g/mol. The zero-order valence-electron chi connectivity index (χ0n) is 23.2. The van der Waals surface area contributed by atoms with Gasteiger partial charge in [0.2, 0.25) is 0 Å². The molecule has 9 heteroatoms. The second-order valence-electron chi connectivity index (χ2n) is 10.00. The van der Waals surface area contributed by atoms with Crippen LogP contribution in [0.5, 0.6) is 11.5 Å². The number of aliphatic hydroxyl groups excluding tert-OH is 1. The number of Topliss-reactive ketones (excluding diaryl/α,β-unsaturated/α-hetero) is 1. The summed E-state index contributed by atoms with van der Waals surface area (Å²) in [7, 11) is 0. The molecule has 1 saturated heterocycles. The Morgan fingerprint density at radius 3 is 2.49 bits per heavy atom. The number of aromatic nitrogens is 1. The first-order valence-electron chi connectivity index (χ1n) is 13.8. The van der Waals surface area contributed by atoms with Crippen LogP contribution in [0.25, 0.3) is 16.0 Å². The Morgan fingerprint density at radius 1 is 0.930 bits per heavy atom. The zero-order valence-corrected chi connectivity index (χ0v) is 24.0. The van der Waals surface area contributed by atoms with Crippen molar-refractivity contribution in [2.24, 2.45) is 0 Å². The van der Waals surface area contributed by atoms with Crippen molar-refractivity contribution < 1.29 is 28.6 Å². The van der Waals surface area contributed by atoms with Gasteiger partial charge in [-0.05, 0) is 60.0 Å². The molecule has 1 aromatic heterocycles. The van der Waals surface area contributed by atoms with Crippen molar-refractivity contribution in [1.29, 1.82) is 0 Å². The second-order valence-corrected chi connectivity index (χ2v) is 11.0. The lowest BCUT2D eigenvalue weighted by Gasteiger charge is -2.23. The SMILES string of the molecule is CCCOc1cccc(/C(O)=C2\C(=O)C(=O)N(c3nc4ccc(F)cc4s3)C2c2ccc(OCc3ccccc3)cc2)c1. The minimum Gasteiger partial charge on any atom is -0.507 e. The quantitative estimate of drug-likeness (QED) is 0.108. The molecule has 0 radical (unpaired) electrons. The van der Waals surface area contributed by atoms with Gasteiger partial charge in [0.1, 0.15) is 29.7 Å². The average molecular weight is 595 g/mol. The van der Waals surface area contributed by atoms with Crippen LogP contribution in [0.2, 0.25) is 0 Å². The highest BCUT2D eigenvalue weighted by Crippen LogP contribution is 2.44. The standard InChI is InChI=1S/C34H27FN2O5S/c1-2-17-41-26-10-6-9-23(18-26)31(38)29-30(22-11-14-25(15-12-22)42-20-21-7-4-3-5-8-21)37(33(40)32(29)39)34-36-27-16-13-24(35)19-28(27)43-34/h3-16,18-19,30,38H,2,17,20H2,1H3/b31-29+. The normalized spacial score (nSPS) is 16.1. The van der Waals surface area contributed by atoms with Gasteiger partial charge in [-0.2, -0.15) is 0 Å². The smallest absolute Gasteiger partial charge is 0.301 e. The van der Waals surface area contributed by atoms with E-state index in [1.807, 2.05) is 37.3 Å². The summed E-state index contributed by atoms with van der Waals surface area (Å²) >= 11 is 1.10. The molecule has 0 saturated carbocycles. The third-order valence-electron chi connectivity index (χ3n) is 7.01. The maximum atomic E-state index is 14.0. The number of aliphatic hydroxyl groups is 1. The average Bonchev–Trinajstić information content (AvgIpc) is 3.56. The number of carbonyl (C=O) groups is 2. The van der Waals surface area contributed by atoms with Crippen LogP contribution >= 0.6 is 11.3 Å². The summed E-state index contributed by atoms with van der Waals surface area (Å²) in [5.74, 6) is -1.32. The Morgan fingerprint density at radius 2 is 1.72 bits per heavy atom. The molecule has 0 bridgehead atoms. The first kappa shape index (κ1) is 28.1. The van der Waals surface area contributed by atoms with Gasteiger partial charge in [0, 0.05) is 5.56 Å². The Hall–Kier alpha value is -5.02. The van der Waals surface area contributed by atoms with E-state index in [9.17, 15) is 19.1 Å². The van der Waals surface area contributed by atoms with E-state index in [-0.39, 0.29) is 16.5 Å². The van der Waals surface area contributed by atoms with E-state index in [1.54, 1.807) is 48.5 Å². The first-order chi connectivity index (χ1) is 20.9. The van der Waals surface area contributed by atoms with Gasteiger partial charge in [0.25, 0.3) is 5.78 Å². The molecule has 1 fully saturated rings. The van der Waals surface area contributed by atoms with Gasteiger partial charge < -0.3 is 14.6 Å². The Balaban J connectivity index is 1.42. The molecule has 4 aromatic carbocycles. The minimum absolute atomic E-state index is 0.0824. The molecule has 1 unspecified atom stereocenters. The highest BCUT2D eigenvalue weighted by atomic mass is 32.1. The molecule has 216 valence electrons. The molecule has 0 spiro atoms. The number of nitrogens with zero attached hydrogens (tertiary/aromatic N) is 2. The van der Waals surface area contributed by atoms with Gasteiger partial charge >= 0.3 is 5.91 Å². The number of ether oxygens (including phenoxy) is 2. The number of hydrogen-bond donors (Lipinski definition) is 1. The first-order valence-corrected chi connectivity index (χ1v) is 14.6. The van der Waals surface area contributed by atoms with Gasteiger partial charge in [-0.1, -0.05) is 72.9 Å². The topological polar surface area (TPSA) is 89.0 Å². The number of halogens is 1. The fourth-order valence-electron chi connectivity index (χ4n) is 4.93.